The van der Waals surface area contributed by atoms with Crippen molar-refractivity contribution in [3.63, 3.8) is 0 Å². The number of benzene rings is 2. The van der Waals surface area contributed by atoms with Crippen molar-refractivity contribution in [1.29, 1.82) is 0 Å². The molecule has 2 aromatic rings. The molecule has 0 N–H and O–H groups in total. The van der Waals surface area contributed by atoms with E-state index in [0.29, 0.717) is 48.5 Å². The summed E-state index contributed by atoms with van der Waals surface area (Å²) in [6, 6.07) is 14.1. The molecule has 2 aromatic carbocycles. The SMILES string of the molecule is C[C@@H](CCC[C@@H](C)C1=CC[C@@]2(C)OC3=C(C[C@@H]12)C(=O)[C@H](OC(=O)c1ccc(Br)cc1)CC3)COC(=O)c1ccc(Br)cc1. The van der Waals surface area contributed by atoms with E-state index in [1.807, 2.05) is 12.1 Å². The Hall–Kier alpha value is -2.71. The molecule has 0 fully saturated rings. The fourth-order valence-corrected chi connectivity index (χ4v) is 6.97. The highest BCUT2D eigenvalue weighted by atomic mass is 79.9. The molecule has 43 heavy (non-hydrogen) atoms. The van der Waals surface area contributed by atoms with Crippen molar-refractivity contribution in [3.8, 4) is 0 Å². The zero-order valence-electron chi connectivity index (χ0n) is 24.9. The summed E-state index contributed by atoms with van der Waals surface area (Å²) in [6.07, 6.45) is 6.99. The van der Waals surface area contributed by atoms with Gasteiger partial charge in [0.05, 0.1) is 17.7 Å². The van der Waals surface area contributed by atoms with Gasteiger partial charge in [0.2, 0.25) is 5.78 Å². The number of ketones is 1. The Morgan fingerprint density at radius 2 is 1.60 bits per heavy atom. The van der Waals surface area contributed by atoms with Crippen molar-refractivity contribution in [2.75, 3.05) is 6.61 Å². The largest absolute Gasteiger partial charge is 0.491 e. The fraction of sp³-hybridized carbons (Fsp3) is 0.457. The molecule has 8 heteroatoms. The first-order chi connectivity index (χ1) is 20.5. The van der Waals surface area contributed by atoms with E-state index in [1.165, 1.54) is 5.57 Å². The summed E-state index contributed by atoms with van der Waals surface area (Å²) < 4.78 is 19.6. The first-order valence-corrected chi connectivity index (χ1v) is 16.7. The molecule has 3 aliphatic rings. The van der Waals surface area contributed by atoms with Gasteiger partial charge in [0.25, 0.3) is 0 Å². The lowest BCUT2D eigenvalue weighted by Crippen LogP contribution is -2.44. The second-order valence-electron chi connectivity index (χ2n) is 12.3. The van der Waals surface area contributed by atoms with Crippen molar-refractivity contribution in [1.82, 2.24) is 0 Å². The molecule has 2 aliphatic carbocycles. The quantitative estimate of drug-likeness (QED) is 0.181. The van der Waals surface area contributed by atoms with Crippen molar-refractivity contribution >= 4 is 49.6 Å². The second kappa shape index (κ2) is 13.5. The molecule has 6 nitrogen and oxygen atoms in total. The molecular formula is C35H38Br2O6. The Labute approximate surface area is 270 Å². The molecule has 0 amide bonds. The second-order valence-corrected chi connectivity index (χ2v) is 14.2. The smallest absolute Gasteiger partial charge is 0.338 e. The van der Waals surface area contributed by atoms with Crippen LogP contribution in [0.4, 0.5) is 0 Å². The third kappa shape index (κ3) is 7.34. The summed E-state index contributed by atoms with van der Waals surface area (Å²) in [7, 11) is 0. The topological polar surface area (TPSA) is 78.9 Å². The third-order valence-corrected chi connectivity index (χ3v) is 10.1. The number of Topliss-reactive ketones (excluding diaryl/α,β-unsaturated/α-hetero) is 1. The fourth-order valence-electron chi connectivity index (χ4n) is 6.44. The van der Waals surface area contributed by atoms with Crippen LogP contribution < -0.4 is 0 Å². The van der Waals surface area contributed by atoms with Crippen LogP contribution in [0.25, 0.3) is 0 Å². The molecule has 0 unspecified atom stereocenters. The van der Waals surface area contributed by atoms with Gasteiger partial charge in [-0.3, -0.25) is 4.79 Å². The van der Waals surface area contributed by atoms with Crippen LogP contribution >= 0.6 is 31.9 Å². The molecule has 0 saturated heterocycles. The van der Waals surface area contributed by atoms with Crippen LogP contribution in [0.3, 0.4) is 0 Å². The van der Waals surface area contributed by atoms with E-state index in [0.717, 1.165) is 40.4 Å². The van der Waals surface area contributed by atoms with Crippen LogP contribution in [-0.4, -0.2) is 36.0 Å². The minimum atomic E-state index is -0.784. The van der Waals surface area contributed by atoms with Gasteiger partial charge in [0, 0.05) is 33.3 Å². The average molecular weight is 714 g/mol. The summed E-state index contributed by atoms with van der Waals surface area (Å²) in [5.74, 6) is 0.598. The lowest BCUT2D eigenvalue weighted by atomic mass is 9.73. The summed E-state index contributed by atoms with van der Waals surface area (Å²) in [4.78, 5) is 38.6. The maximum absolute atomic E-state index is 13.5. The lowest BCUT2D eigenvalue weighted by molar-refractivity contribution is -0.128. The van der Waals surface area contributed by atoms with E-state index < -0.39 is 12.1 Å². The van der Waals surface area contributed by atoms with Gasteiger partial charge >= 0.3 is 11.9 Å². The van der Waals surface area contributed by atoms with Gasteiger partial charge in [-0.1, -0.05) is 63.8 Å². The number of hydrogen-bond acceptors (Lipinski definition) is 6. The minimum Gasteiger partial charge on any atom is -0.491 e. The van der Waals surface area contributed by atoms with Crippen molar-refractivity contribution in [2.24, 2.45) is 17.8 Å². The lowest BCUT2D eigenvalue weighted by Gasteiger charge is -2.43. The number of halogens is 2. The predicted molar refractivity (Wildman–Crippen MR) is 172 cm³/mol. The van der Waals surface area contributed by atoms with E-state index in [-0.39, 0.29) is 29.2 Å². The van der Waals surface area contributed by atoms with E-state index >= 15 is 0 Å². The minimum absolute atomic E-state index is 0.121. The van der Waals surface area contributed by atoms with Gasteiger partial charge < -0.3 is 14.2 Å². The van der Waals surface area contributed by atoms with Gasteiger partial charge in [0.15, 0.2) is 6.10 Å². The number of allylic oxidation sites excluding steroid dienone is 1. The third-order valence-electron chi connectivity index (χ3n) is 9.02. The normalized spacial score (nSPS) is 24.3. The molecule has 1 aliphatic heterocycles. The zero-order valence-corrected chi connectivity index (χ0v) is 28.0. The maximum atomic E-state index is 13.5. The van der Waals surface area contributed by atoms with Gasteiger partial charge in [-0.15, -0.1) is 0 Å². The summed E-state index contributed by atoms with van der Waals surface area (Å²) in [5, 5.41) is 0. The Balaban J connectivity index is 1.13. The number of esters is 2. The zero-order chi connectivity index (χ0) is 30.7. The average Bonchev–Trinajstić information content (AvgIpc) is 3.33. The number of rotatable bonds is 10. The Bertz CT molecular complexity index is 1430. The summed E-state index contributed by atoms with van der Waals surface area (Å²) in [5.41, 5.74) is 2.67. The number of hydrogen-bond donors (Lipinski definition) is 0. The predicted octanol–water partition coefficient (Wildman–Crippen LogP) is 8.78. The van der Waals surface area contributed by atoms with Gasteiger partial charge in [0.1, 0.15) is 11.4 Å². The Kier molecular flexibility index (Phi) is 9.96. The molecule has 1 heterocycles. The highest BCUT2D eigenvalue weighted by Crippen LogP contribution is 2.52. The molecule has 0 spiro atoms. The standard InChI is InChI=1S/C35H38Br2O6/c1-21(20-41-33(39)23-7-11-25(36)12-8-23)5-4-6-22(2)27-17-18-35(3)29(27)19-28-30(43-35)15-16-31(32(28)38)42-34(40)24-9-13-26(37)14-10-24/h7-14,17,21-22,29,31H,4-6,15-16,18-20H2,1-3H3/t21-,22+,29-,31+,35+/m0/s1. The van der Waals surface area contributed by atoms with E-state index in [1.54, 1.807) is 36.4 Å². The first kappa shape index (κ1) is 31.7. The highest BCUT2D eigenvalue weighted by Gasteiger charge is 2.50. The molecule has 0 bridgehead atoms. The van der Waals surface area contributed by atoms with Crippen LogP contribution in [0.1, 0.15) is 86.4 Å². The van der Waals surface area contributed by atoms with E-state index in [9.17, 15) is 14.4 Å². The van der Waals surface area contributed by atoms with Gasteiger partial charge in [-0.2, -0.15) is 0 Å². The number of carbonyl (C=O) groups excluding carboxylic acids is 3. The van der Waals surface area contributed by atoms with E-state index in [4.69, 9.17) is 14.2 Å². The van der Waals surface area contributed by atoms with Crippen molar-refractivity contribution in [3.05, 3.63) is 91.6 Å². The summed E-state index contributed by atoms with van der Waals surface area (Å²) >= 11 is 6.76. The van der Waals surface area contributed by atoms with Crippen molar-refractivity contribution < 1.29 is 28.6 Å². The molecule has 0 aromatic heterocycles. The van der Waals surface area contributed by atoms with Gasteiger partial charge in [-0.25, -0.2) is 9.59 Å². The van der Waals surface area contributed by atoms with Crippen LogP contribution in [-0.2, 0) is 19.0 Å². The van der Waals surface area contributed by atoms with Crippen molar-refractivity contribution in [2.45, 2.75) is 77.4 Å². The molecule has 5 rings (SSSR count). The van der Waals surface area contributed by atoms with Crippen LogP contribution in [0.5, 0.6) is 0 Å². The van der Waals surface area contributed by atoms with Gasteiger partial charge in [-0.05, 0) is 93.0 Å². The van der Waals surface area contributed by atoms with Crippen LogP contribution in [0, 0.1) is 17.8 Å². The Morgan fingerprint density at radius 3 is 2.26 bits per heavy atom. The van der Waals surface area contributed by atoms with Crippen LogP contribution in [0.15, 0.2) is 80.5 Å². The molecule has 228 valence electrons. The molecular weight excluding hydrogens is 676 g/mol. The highest BCUT2D eigenvalue weighted by molar-refractivity contribution is 9.10. The molecule has 0 saturated carbocycles. The maximum Gasteiger partial charge on any atom is 0.338 e. The molecule has 0 radical (unpaired) electrons. The molecule has 5 atom stereocenters. The number of carbonyl (C=O) groups is 3. The van der Waals surface area contributed by atoms with Crippen LogP contribution in [0.2, 0.25) is 0 Å². The number of fused-ring (bicyclic) bond motifs is 1. The first-order valence-electron chi connectivity index (χ1n) is 15.1. The van der Waals surface area contributed by atoms with E-state index in [2.05, 4.69) is 58.7 Å². The summed E-state index contributed by atoms with van der Waals surface area (Å²) in [6.45, 7) is 6.92. The monoisotopic (exact) mass is 712 g/mol. The number of ether oxygens (including phenoxy) is 3. The Morgan fingerprint density at radius 1 is 0.977 bits per heavy atom.